The molecule has 0 atom stereocenters. The molecule has 0 unspecified atom stereocenters. The molecule has 2 N–H and O–H groups in total. The molecular formula is C18H15N3O. The topological polar surface area (TPSA) is 49.8 Å². The Hall–Kier alpha value is -3.01. The third-order valence-corrected chi connectivity index (χ3v) is 3.96. The highest BCUT2D eigenvalue weighted by Crippen LogP contribution is 2.20. The van der Waals surface area contributed by atoms with Crippen LogP contribution in [-0.4, -0.2) is 15.5 Å². The minimum Gasteiger partial charge on any atom is -0.361 e. The van der Waals surface area contributed by atoms with E-state index in [1.54, 1.807) is 0 Å². The number of fused-ring (bicyclic) bond motifs is 2. The molecule has 4 aromatic rings. The van der Waals surface area contributed by atoms with Gasteiger partial charge in [-0.25, -0.2) is 0 Å². The standard InChI is InChI=1S/C18H15N3O/c1-21-9-7-13-10-14(2-5-17(13)21)18(22)20-15-3-4-16-12(11-15)6-8-19-16/h2-11,19H,1H3,(H,20,22). The normalized spacial score (nSPS) is 11.1. The Kier molecular flexibility index (Phi) is 2.76. The molecule has 2 aromatic heterocycles. The summed E-state index contributed by atoms with van der Waals surface area (Å²) in [5.41, 5.74) is 3.63. The Morgan fingerprint density at radius 2 is 1.95 bits per heavy atom. The number of carbonyl (C=O) groups is 1. The average Bonchev–Trinajstić information content (AvgIpc) is 3.13. The number of aryl methyl sites for hydroxylation is 1. The van der Waals surface area contributed by atoms with Crippen LogP contribution in [0, 0.1) is 0 Å². The van der Waals surface area contributed by atoms with Crippen LogP contribution in [0.2, 0.25) is 0 Å². The number of carbonyl (C=O) groups excluding carboxylic acids is 1. The van der Waals surface area contributed by atoms with Gasteiger partial charge in [-0.2, -0.15) is 0 Å². The molecule has 0 aliphatic heterocycles. The van der Waals surface area contributed by atoms with Crippen LogP contribution >= 0.6 is 0 Å². The van der Waals surface area contributed by atoms with Crippen LogP contribution in [0.25, 0.3) is 21.8 Å². The first kappa shape index (κ1) is 12.7. The lowest BCUT2D eigenvalue weighted by Crippen LogP contribution is -2.11. The van der Waals surface area contributed by atoms with E-state index in [0.717, 1.165) is 27.5 Å². The highest BCUT2D eigenvalue weighted by molar-refractivity contribution is 6.07. The van der Waals surface area contributed by atoms with Crippen molar-refractivity contribution in [2.75, 3.05) is 5.32 Å². The maximum atomic E-state index is 12.4. The molecule has 4 rings (SSSR count). The summed E-state index contributed by atoms with van der Waals surface area (Å²) in [6, 6.07) is 15.6. The van der Waals surface area contributed by atoms with E-state index in [1.165, 1.54) is 0 Å². The number of rotatable bonds is 2. The molecule has 2 aromatic carbocycles. The van der Waals surface area contributed by atoms with E-state index >= 15 is 0 Å². The molecule has 4 nitrogen and oxygen atoms in total. The SMILES string of the molecule is Cn1ccc2cc(C(=O)Nc3ccc4[nH]ccc4c3)ccc21. The lowest BCUT2D eigenvalue weighted by molar-refractivity contribution is 0.102. The fourth-order valence-electron chi connectivity index (χ4n) is 2.76. The highest BCUT2D eigenvalue weighted by Gasteiger charge is 2.08. The summed E-state index contributed by atoms with van der Waals surface area (Å²) in [6.07, 6.45) is 3.88. The maximum Gasteiger partial charge on any atom is 0.255 e. The minimum atomic E-state index is -0.0966. The van der Waals surface area contributed by atoms with Crippen molar-refractivity contribution in [3.05, 3.63) is 66.5 Å². The molecule has 0 aliphatic rings. The number of aromatic nitrogens is 2. The molecule has 0 spiro atoms. The number of benzene rings is 2. The first-order valence-corrected chi connectivity index (χ1v) is 7.14. The molecule has 0 fully saturated rings. The zero-order valence-electron chi connectivity index (χ0n) is 12.1. The van der Waals surface area contributed by atoms with Crippen molar-refractivity contribution in [2.24, 2.45) is 7.05 Å². The number of anilines is 1. The Morgan fingerprint density at radius 1 is 1.05 bits per heavy atom. The van der Waals surface area contributed by atoms with E-state index in [0.29, 0.717) is 5.56 Å². The van der Waals surface area contributed by atoms with Crippen LogP contribution in [-0.2, 0) is 7.05 Å². The molecule has 108 valence electrons. The van der Waals surface area contributed by atoms with Crippen LogP contribution in [0.15, 0.2) is 60.9 Å². The van der Waals surface area contributed by atoms with Crippen molar-refractivity contribution in [3.63, 3.8) is 0 Å². The molecule has 0 saturated carbocycles. The fraction of sp³-hybridized carbons (Fsp3) is 0.0556. The van der Waals surface area contributed by atoms with Crippen LogP contribution in [0.3, 0.4) is 0 Å². The van der Waals surface area contributed by atoms with Crippen LogP contribution in [0.4, 0.5) is 5.69 Å². The van der Waals surface area contributed by atoms with Gasteiger partial charge in [0.2, 0.25) is 0 Å². The zero-order valence-corrected chi connectivity index (χ0v) is 12.1. The number of H-pyrrole nitrogens is 1. The van der Waals surface area contributed by atoms with Gasteiger partial charge < -0.3 is 14.9 Å². The lowest BCUT2D eigenvalue weighted by Gasteiger charge is -2.06. The lowest BCUT2D eigenvalue weighted by atomic mass is 10.1. The Labute approximate surface area is 127 Å². The van der Waals surface area contributed by atoms with Crippen molar-refractivity contribution in [1.82, 2.24) is 9.55 Å². The predicted molar refractivity (Wildman–Crippen MR) is 89.2 cm³/mol. The van der Waals surface area contributed by atoms with Gasteiger partial charge in [-0.05, 0) is 48.5 Å². The smallest absolute Gasteiger partial charge is 0.255 e. The second kappa shape index (κ2) is 4.77. The number of aromatic amines is 1. The van der Waals surface area contributed by atoms with Gasteiger partial charge in [0, 0.05) is 52.5 Å². The van der Waals surface area contributed by atoms with Gasteiger partial charge in [0.1, 0.15) is 0 Å². The second-order valence-corrected chi connectivity index (χ2v) is 5.43. The van der Waals surface area contributed by atoms with E-state index in [1.807, 2.05) is 72.5 Å². The molecule has 1 amide bonds. The van der Waals surface area contributed by atoms with Crippen molar-refractivity contribution >= 4 is 33.4 Å². The third kappa shape index (κ3) is 2.05. The Morgan fingerprint density at radius 3 is 2.86 bits per heavy atom. The van der Waals surface area contributed by atoms with Crippen LogP contribution < -0.4 is 5.32 Å². The Balaban J connectivity index is 1.64. The third-order valence-electron chi connectivity index (χ3n) is 3.96. The molecule has 0 radical (unpaired) electrons. The molecule has 2 heterocycles. The van der Waals surface area contributed by atoms with Gasteiger partial charge >= 0.3 is 0 Å². The van der Waals surface area contributed by atoms with E-state index < -0.39 is 0 Å². The summed E-state index contributed by atoms with van der Waals surface area (Å²) >= 11 is 0. The highest BCUT2D eigenvalue weighted by atomic mass is 16.1. The number of nitrogens with one attached hydrogen (secondary N) is 2. The Bertz CT molecular complexity index is 994. The number of hydrogen-bond donors (Lipinski definition) is 2. The van der Waals surface area contributed by atoms with Gasteiger partial charge in [-0.3, -0.25) is 4.79 Å². The number of nitrogens with zero attached hydrogens (tertiary/aromatic N) is 1. The van der Waals surface area contributed by atoms with Crippen molar-refractivity contribution in [1.29, 1.82) is 0 Å². The van der Waals surface area contributed by atoms with Crippen molar-refractivity contribution in [2.45, 2.75) is 0 Å². The van der Waals surface area contributed by atoms with Crippen LogP contribution in [0.5, 0.6) is 0 Å². The van der Waals surface area contributed by atoms with Gasteiger partial charge in [0.25, 0.3) is 5.91 Å². The van der Waals surface area contributed by atoms with Gasteiger partial charge in [-0.15, -0.1) is 0 Å². The molecule has 22 heavy (non-hydrogen) atoms. The van der Waals surface area contributed by atoms with E-state index in [-0.39, 0.29) is 5.91 Å². The summed E-state index contributed by atoms with van der Waals surface area (Å²) in [7, 11) is 1.99. The van der Waals surface area contributed by atoms with Crippen molar-refractivity contribution in [3.8, 4) is 0 Å². The van der Waals surface area contributed by atoms with E-state index in [2.05, 4.69) is 10.3 Å². The summed E-state index contributed by atoms with van der Waals surface area (Å²) in [5.74, 6) is -0.0966. The molecule has 0 bridgehead atoms. The van der Waals surface area contributed by atoms with E-state index in [4.69, 9.17) is 0 Å². The molecule has 4 heteroatoms. The maximum absolute atomic E-state index is 12.4. The zero-order chi connectivity index (χ0) is 15.1. The predicted octanol–water partition coefficient (Wildman–Crippen LogP) is 3.91. The van der Waals surface area contributed by atoms with Crippen molar-refractivity contribution < 1.29 is 4.79 Å². The summed E-state index contributed by atoms with van der Waals surface area (Å²) < 4.78 is 2.04. The number of hydrogen-bond acceptors (Lipinski definition) is 1. The summed E-state index contributed by atoms with van der Waals surface area (Å²) in [4.78, 5) is 15.6. The second-order valence-electron chi connectivity index (χ2n) is 5.43. The molecular weight excluding hydrogens is 274 g/mol. The minimum absolute atomic E-state index is 0.0966. The van der Waals surface area contributed by atoms with Gasteiger partial charge in [0.15, 0.2) is 0 Å². The summed E-state index contributed by atoms with van der Waals surface area (Å²) in [5, 5.41) is 5.10. The molecule has 0 aliphatic carbocycles. The molecule has 0 saturated heterocycles. The quantitative estimate of drug-likeness (QED) is 0.577. The monoisotopic (exact) mass is 289 g/mol. The van der Waals surface area contributed by atoms with Crippen LogP contribution in [0.1, 0.15) is 10.4 Å². The summed E-state index contributed by atoms with van der Waals surface area (Å²) in [6.45, 7) is 0. The fourth-order valence-corrected chi connectivity index (χ4v) is 2.76. The van der Waals surface area contributed by atoms with Gasteiger partial charge in [-0.1, -0.05) is 0 Å². The number of amides is 1. The average molecular weight is 289 g/mol. The largest absolute Gasteiger partial charge is 0.361 e. The van der Waals surface area contributed by atoms with Gasteiger partial charge in [0.05, 0.1) is 0 Å². The first-order chi connectivity index (χ1) is 10.7. The first-order valence-electron chi connectivity index (χ1n) is 7.14. The van der Waals surface area contributed by atoms with E-state index in [9.17, 15) is 4.79 Å².